The van der Waals surface area contributed by atoms with E-state index in [4.69, 9.17) is 4.74 Å². The first kappa shape index (κ1) is 19.0. The molecule has 0 aliphatic carbocycles. The van der Waals surface area contributed by atoms with Crippen molar-refractivity contribution in [3.05, 3.63) is 59.7 Å². The minimum absolute atomic E-state index is 0.235. The summed E-state index contributed by atoms with van der Waals surface area (Å²) < 4.78 is 28.7. The van der Waals surface area contributed by atoms with Gasteiger partial charge >= 0.3 is 0 Å². The zero-order chi connectivity index (χ0) is 18.6. The van der Waals surface area contributed by atoms with Crippen LogP contribution in [0.1, 0.15) is 31.0 Å². The largest absolute Gasteiger partial charge is 0.481 e. The lowest BCUT2D eigenvalue weighted by molar-refractivity contribution is -0.127. The SMILES string of the molecule is Cc1cccc(O[C@H](C)C(=O)N[C@@H](C)c2ccc(S(C)(=O)=O)cc2)c1. The minimum atomic E-state index is -3.23. The summed E-state index contributed by atoms with van der Waals surface area (Å²) in [5.74, 6) is 0.411. The van der Waals surface area contributed by atoms with E-state index in [0.29, 0.717) is 5.75 Å². The van der Waals surface area contributed by atoms with E-state index < -0.39 is 15.9 Å². The van der Waals surface area contributed by atoms with Crippen molar-refractivity contribution in [3.8, 4) is 5.75 Å². The summed E-state index contributed by atoms with van der Waals surface area (Å²) in [6.07, 6.45) is 0.525. The molecule has 0 aliphatic rings. The third-order valence-corrected chi connectivity index (χ3v) is 4.97. The molecule has 6 heteroatoms. The zero-order valence-corrected chi connectivity index (χ0v) is 15.6. The average Bonchev–Trinajstić information content (AvgIpc) is 2.54. The molecule has 2 atom stereocenters. The first-order valence-electron chi connectivity index (χ1n) is 8.00. The van der Waals surface area contributed by atoms with Crippen molar-refractivity contribution in [1.29, 1.82) is 0 Å². The van der Waals surface area contributed by atoms with Crippen LogP contribution in [0.15, 0.2) is 53.4 Å². The molecule has 0 bridgehead atoms. The van der Waals surface area contributed by atoms with Gasteiger partial charge in [-0.2, -0.15) is 0 Å². The van der Waals surface area contributed by atoms with Crippen LogP contribution in [0.25, 0.3) is 0 Å². The molecule has 1 amide bonds. The monoisotopic (exact) mass is 361 g/mol. The fourth-order valence-electron chi connectivity index (χ4n) is 2.36. The Morgan fingerprint density at radius 3 is 2.28 bits per heavy atom. The topological polar surface area (TPSA) is 72.5 Å². The van der Waals surface area contributed by atoms with E-state index in [1.54, 1.807) is 31.2 Å². The summed E-state index contributed by atoms with van der Waals surface area (Å²) in [5, 5.41) is 2.88. The highest BCUT2D eigenvalue weighted by atomic mass is 32.2. The summed E-state index contributed by atoms with van der Waals surface area (Å²) >= 11 is 0. The highest BCUT2D eigenvalue weighted by molar-refractivity contribution is 7.90. The second-order valence-electron chi connectivity index (χ2n) is 6.15. The fourth-order valence-corrected chi connectivity index (χ4v) is 2.99. The van der Waals surface area contributed by atoms with Gasteiger partial charge in [0.15, 0.2) is 15.9 Å². The van der Waals surface area contributed by atoms with Crippen LogP contribution in [0.3, 0.4) is 0 Å². The average molecular weight is 361 g/mol. The Balaban J connectivity index is 1.99. The van der Waals surface area contributed by atoms with E-state index in [1.807, 2.05) is 38.1 Å². The number of carbonyl (C=O) groups is 1. The lowest BCUT2D eigenvalue weighted by atomic mass is 10.1. The molecule has 5 nitrogen and oxygen atoms in total. The van der Waals surface area contributed by atoms with E-state index in [-0.39, 0.29) is 16.8 Å². The van der Waals surface area contributed by atoms with Crippen LogP contribution in [-0.4, -0.2) is 26.7 Å². The van der Waals surface area contributed by atoms with Crippen molar-refractivity contribution in [3.63, 3.8) is 0 Å². The Labute approximate surface area is 148 Å². The van der Waals surface area contributed by atoms with Gasteiger partial charge in [0, 0.05) is 6.26 Å². The van der Waals surface area contributed by atoms with Gasteiger partial charge in [0.25, 0.3) is 5.91 Å². The number of aryl methyl sites for hydroxylation is 1. The predicted molar refractivity (Wildman–Crippen MR) is 97.4 cm³/mol. The number of hydrogen-bond donors (Lipinski definition) is 1. The molecule has 2 aromatic rings. The molecule has 134 valence electrons. The summed E-state index contributed by atoms with van der Waals surface area (Å²) in [7, 11) is -3.23. The second kappa shape index (κ2) is 7.70. The van der Waals surface area contributed by atoms with E-state index in [2.05, 4.69) is 5.32 Å². The maximum Gasteiger partial charge on any atom is 0.261 e. The van der Waals surface area contributed by atoms with Crippen LogP contribution in [0, 0.1) is 6.92 Å². The number of benzene rings is 2. The predicted octanol–water partition coefficient (Wildman–Crippen LogP) is 3.04. The van der Waals surface area contributed by atoms with E-state index in [9.17, 15) is 13.2 Å². The zero-order valence-electron chi connectivity index (χ0n) is 14.8. The number of sulfone groups is 1. The van der Waals surface area contributed by atoms with Gasteiger partial charge in [0.2, 0.25) is 0 Å². The van der Waals surface area contributed by atoms with Crippen LogP contribution in [-0.2, 0) is 14.6 Å². The van der Waals surface area contributed by atoms with Crippen LogP contribution in [0.4, 0.5) is 0 Å². The Bertz CT molecular complexity index is 844. The molecule has 0 fully saturated rings. The van der Waals surface area contributed by atoms with Crippen molar-refractivity contribution in [2.24, 2.45) is 0 Å². The minimum Gasteiger partial charge on any atom is -0.481 e. The van der Waals surface area contributed by atoms with Gasteiger partial charge in [0.05, 0.1) is 10.9 Å². The van der Waals surface area contributed by atoms with Gasteiger partial charge < -0.3 is 10.1 Å². The maximum absolute atomic E-state index is 12.3. The Hall–Kier alpha value is -2.34. The van der Waals surface area contributed by atoms with Crippen LogP contribution in [0.2, 0.25) is 0 Å². The van der Waals surface area contributed by atoms with Gasteiger partial charge in [-0.25, -0.2) is 8.42 Å². The second-order valence-corrected chi connectivity index (χ2v) is 8.16. The molecule has 0 aromatic heterocycles. The number of ether oxygens (including phenoxy) is 1. The number of carbonyl (C=O) groups excluding carboxylic acids is 1. The molecule has 1 N–H and O–H groups in total. The Kier molecular flexibility index (Phi) is 5.85. The molecule has 2 rings (SSSR count). The highest BCUT2D eigenvalue weighted by Crippen LogP contribution is 2.18. The van der Waals surface area contributed by atoms with Crippen molar-refractivity contribution in [1.82, 2.24) is 5.32 Å². The van der Waals surface area contributed by atoms with Crippen molar-refractivity contribution >= 4 is 15.7 Å². The van der Waals surface area contributed by atoms with E-state index in [1.165, 1.54) is 0 Å². The molecule has 2 aromatic carbocycles. The lowest BCUT2D eigenvalue weighted by Gasteiger charge is -2.19. The van der Waals surface area contributed by atoms with E-state index in [0.717, 1.165) is 17.4 Å². The quantitative estimate of drug-likeness (QED) is 0.858. The van der Waals surface area contributed by atoms with Crippen molar-refractivity contribution < 1.29 is 17.9 Å². The number of amides is 1. The standard InChI is InChI=1S/C19H23NO4S/c1-13-6-5-7-17(12-13)24-15(3)19(21)20-14(2)16-8-10-18(11-9-16)25(4,22)23/h5-12,14-15H,1-4H3,(H,20,21)/t14-,15+/m0/s1. The van der Waals surface area contributed by atoms with E-state index >= 15 is 0 Å². The maximum atomic E-state index is 12.3. The Morgan fingerprint density at radius 1 is 1.08 bits per heavy atom. The number of rotatable bonds is 6. The number of hydrogen-bond acceptors (Lipinski definition) is 4. The normalized spacial score (nSPS) is 13.8. The third kappa shape index (κ3) is 5.32. The summed E-state index contributed by atoms with van der Waals surface area (Å²) in [4.78, 5) is 12.6. The summed E-state index contributed by atoms with van der Waals surface area (Å²) in [5.41, 5.74) is 1.88. The van der Waals surface area contributed by atoms with Gasteiger partial charge in [-0.05, 0) is 56.2 Å². The molecule has 0 saturated carbocycles. The molecule has 0 radical (unpaired) electrons. The molecule has 0 aliphatic heterocycles. The molecular formula is C19H23NO4S. The summed E-state index contributed by atoms with van der Waals surface area (Å²) in [6, 6.07) is 13.7. The van der Waals surface area contributed by atoms with Crippen molar-refractivity contribution in [2.45, 2.75) is 37.8 Å². The molecule has 0 spiro atoms. The Morgan fingerprint density at radius 2 is 1.72 bits per heavy atom. The fraction of sp³-hybridized carbons (Fsp3) is 0.316. The molecular weight excluding hydrogens is 338 g/mol. The molecule has 25 heavy (non-hydrogen) atoms. The highest BCUT2D eigenvalue weighted by Gasteiger charge is 2.18. The molecule has 0 unspecified atom stereocenters. The lowest BCUT2D eigenvalue weighted by Crippen LogP contribution is -2.37. The first-order valence-corrected chi connectivity index (χ1v) is 9.89. The van der Waals surface area contributed by atoms with Gasteiger partial charge in [0.1, 0.15) is 5.75 Å². The van der Waals surface area contributed by atoms with Gasteiger partial charge in [-0.1, -0.05) is 24.3 Å². The van der Waals surface area contributed by atoms with Gasteiger partial charge in [-0.3, -0.25) is 4.79 Å². The van der Waals surface area contributed by atoms with Crippen LogP contribution in [0.5, 0.6) is 5.75 Å². The number of nitrogens with one attached hydrogen (secondary N) is 1. The third-order valence-electron chi connectivity index (χ3n) is 3.84. The molecule has 0 heterocycles. The van der Waals surface area contributed by atoms with Crippen LogP contribution >= 0.6 is 0 Å². The van der Waals surface area contributed by atoms with Crippen LogP contribution < -0.4 is 10.1 Å². The smallest absolute Gasteiger partial charge is 0.261 e. The summed E-state index contributed by atoms with van der Waals surface area (Å²) in [6.45, 7) is 5.49. The van der Waals surface area contributed by atoms with Gasteiger partial charge in [-0.15, -0.1) is 0 Å². The van der Waals surface area contributed by atoms with Crippen molar-refractivity contribution in [2.75, 3.05) is 6.26 Å². The molecule has 0 saturated heterocycles. The first-order chi connectivity index (χ1) is 11.7.